The van der Waals surface area contributed by atoms with E-state index in [1.807, 2.05) is 45.2 Å². The van der Waals surface area contributed by atoms with Gasteiger partial charge in [0, 0.05) is 25.2 Å². The normalized spacial score (nSPS) is 12.0. The van der Waals surface area contributed by atoms with E-state index in [1.54, 1.807) is 4.90 Å². The quantitative estimate of drug-likeness (QED) is 0.788. The molecule has 23 heavy (non-hydrogen) atoms. The Hall–Kier alpha value is -1.26. The van der Waals surface area contributed by atoms with Gasteiger partial charge in [0.25, 0.3) is 0 Å². The van der Waals surface area contributed by atoms with Crippen molar-refractivity contribution in [2.75, 3.05) is 13.6 Å². The van der Waals surface area contributed by atoms with E-state index in [2.05, 4.69) is 13.8 Å². The van der Waals surface area contributed by atoms with Gasteiger partial charge in [0.15, 0.2) is 0 Å². The van der Waals surface area contributed by atoms with Crippen LogP contribution in [-0.4, -0.2) is 36.5 Å². The second-order valence-electron chi connectivity index (χ2n) is 6.46. The highest BCUT2D eigenvalue weighted by molar-refractivity contribution is 5.85. The van der Waals surface area contributed by atoms with Gasteiger partial charge < -0.3 is 15.4 Å². The maximum Gasteiger partial charge on any atom is 0.226 e. The van der Waals surface area contributed by atoms with Gasteiger partial charge in [-0.2, -0.15) is 0 Å². The number of amides is 1. The molecule has 1 atom stereocenters. The van der Waals surface area contributed by atoms with E-state index in [1.165, 1.54) is 0 Å². The Labute approximate surface area is 146 Å². The molecule has 1 aromatic carbocycles. The van der Waals surface area contributed by atoms with Gasteiger partial charge in [-0.15, -0.1) is 12.4 Å². The largest absolute Gasteiger partial charge is 0.491 e. The maximum atomic E-state index is 12.4. The Morgan fingerprint density at radius 2 is 1.83 bits per heavy atom. The zero-order chi connectivity index (χ0) is 16.7. The fourth-order valence-electron chi connectivity index (χ4n) is 2.12. The molecule has 1 amide bonds. The van der Waals surface area contributed by atoms with Crippen molar-refractivity contribution in [3.05, 3.63) is 29.8 Å². The highest BCUT2D eigenvalue weighted by atomic mass is 35.5. The van der Waals surface area contributed by atoms with Crippen LogP contribution in [0.15, 0.2) is 24.3 Å². The number of ether oxygens (including phenoxy) is 1. The van der Waals surface area contributed by atoms with Gasteiger partial charge in [0.2, 0.25) is 5.91 Å². The van der Waals surface area contributed by atoms with E-state index in [4.69, 9.17) is 10.5 Å². The Kier molecular flexibility index (Phi) is 9.93. The van der Waals surface area contributed by atoms with Crippen molar-refractivity contribution in [2.45, 2.75) is 52.7 Å². The lowest BCUT2D eigenvalue weighted by atomic mass is 10.0. The van der Waals surface area contributed by atoms with Crippen molar-refractivity contribution in [3.8, 4) is 5.75 Å². The number of halogens is 1. The molecule has 0 aromatic heterocycles. The fraction of sp³-hybridized carbons (Fsp3) is 0.611. The second-order valence-corrected chi connectivity index (χ2v) is 6.46. The van der Waals surface area contributed by atoms with E-state index in [0.29, 0.717) is 18.9 Å². The Morgan fingerprint density at radius 1 is 1.22 bits per heavy atom. The molecule has 0 heterocycles. The summed E-state index contributed by atoms with van der Waals surface area (Å²) >= 11 is 0. The molecule has 0 aliphatic carbocycles. The molecular formula is C18H31ClN2O2. The molecule has 0 saturated carbocycles. The average molecular weight is 343 g/mol. The summed E-state index contributed by atoms with van der Waals surface area (Å²) in [5.41, 5.74) is 6.97. The summed E-state index contributed by atoms with van der Waals surface area (Å²) in [6, 6.07) is 7.86. The number of nitrogens with zero attached hydrogens (tertiary/aromatic N) is 1. The average Bonchev–Trinajstić information content (AvgIpc) is 2.45. The minimum atomic E-state index is 0. The number of likely N-dealkylation sites (N-methyl/N-ethyl adjacent to an activating group) is 1. The first-order chi connectivity index (χ1) is 10.3. The van der Waals surface area contributed by atoms with Gasteiger partial charge in [-0.3, -0.25) is 4.79 Å². The van der Waals surface area contributed by atoms with Crippen LogP contribution in [0.2, 0.25) is 0 Å². The maximum absolute atomic E-state index is 12.4. The van der Waals surface area contributed by atoms with Crippen LogP contribution >= 0.6 is 12.4 Å². The van der Waals surface area contributed by atoms with Crippen LogP contribution in [0.25, 0.3) is 0 Å². The van der Waals surface area contributed by atoms with Crippen molar-refractivity contribution in [3.63, 3.8) is 0 Å². The number of hydrogen-bond acceptors (Lipinski definition) is 3. The van der Waals surface area contributed by atoms with E-state index >= 15 is 0 Å². The molecular weight excluding hydrogens is 312 g/mol. The van der Waals surface area contributed by atoms with Crippen molar-refractivity contribution in [1.29, 1.82) is 0 Å². The van der Waals surface area contributed by atoms with Gasteiger partial charge in [0.05, 0.1) is 12.5 Å². The lowest BCUT2D eigenvalue weighted by Crippen LogP contribution is -2.35. The number of rotatable bonds is 8. The Balaban J connectivity index is 0.00000484. The van der Waals surface area contributed by atoms with Crippen LogP contribution < -0.4 is 10.5 Å². The third-order valence-corrected chi connectivity index (χ3v) is 3.76. The number of carbonyl (C=O) groups excluding carboxylic acids is 1. The number of nitrogens with two attached hydrogens (primary N) is 1. The number of hydrogen-bond donors (Lipinski definition) is 1. The summed E-state index contributed by atoms with van der Waals surface area (Å²) < 4.78 is 5.76. The van der Waals surface area contributed by atoms with Crippen molar-refractivity contribution < 1.29 is 9.53 Å². The van der Waals surface area contributed by atoms with Gasteiger partial charge in [-0.1, -0.05) is 32.0 Å². The summed E-state index contributed by atoms with van der Waals surface area (Å²) in [5, 5.41) is 0. The van der Waals surface area contributed by atoms with Crippen LogP contribution in [-0.2, 0) is 11.2 Å². The van der Waals surface area contributed by atoms with Gasteiger partial charge in [-0.25, -0.2) is 0 Å². The third kappa shape index (κ3) is 7.71. The molecule has 1 unspecified atom stereocenters. The SMILES string of the molecule is CC(C)Oc1ccccc1CC(=O)N(C)CCC(N)C(C)C.Cl. The summed E-state index contributed by atoms with van der Waals surface area (Å²) in [5.74, 6) is 1.32. The molecule has 0 aliphatic rings. The zero-order valence-electron chi connectivity index (χ0n) is 14.9. The predicted molar refractivity (Wildman–Crippen MR) is 98.2 cm³/mol. The number of carbonyl (C=O) groups is 1. The van der Waals surface area contributed by atoms with E-state index in [9.17, 15) is 4.79 Å². The topological polar surface area (TPSA) is 55.6 Å². The van der Waals surface area contributed by atoms with Crippen LogP contribution in [0.5, 0.6) is 5.75 Å². The summed E-state index contributed by atoms with van der Waals surface area (Å²) in [6.45, 7) is 8.86. The first kappa shape index (κ1) is 21.7. The minimum Gasteiger partial charge on any atom is -0.491 e. The summed E-state index contributed by atoms with van der Waals surface area (Å²) in [7, 11) is 1.83. The van der Waals surface area contributed by atoms with E-state index < -0.39 is 0 Å². The Bertz CT molecular complexity index is 478. The molecule has 2 N–H and O–H groups in total. The number of para-hydroxylation sites is 1. The Morgan fingerprint density at radius 3 is 2.39 bits per heavy atom. The molecule has 0 radical (unpaired) electrons. The smallest absolute Gasteiger partial charge is 0.226 e. The molecule has 132 valence electrons. The van der Waals surface area contributed by atoms with Crippen LogP contribution in [0.1, 0.15) is 39.7 Å². The van der Waals surface area contributed by atoms with Gasteiger partial charge >= 0.3 is 0 Å². The lowest BCUT2D eigenvalue weighted by Gasteiger charge is -2.22. The van der Waals surface area contributed by atoms with Crippen LogP contribution in [0, 0.1) is 5.92 Å². The van der Waals surface area contributed by atoms with Gasteiger partial charge in [-0.05, 0) is 32.3 Å². The van der Waals surface area contributed by atoms with E-state index in [0.717, 1.165) is 17.7 Å². The second kappa shape index (κ2) is 10.5. The fourth-order valence-corrected chi connectivity index (χ4v) is 2.12. The van der Waals surface area contributed by atoms with E-state index in [-0.39, 0.29) is 30.5 Å². The highest BCUT2D eigenvalue weighted by Gasteiger charge is 2.15. The molecule has 1 rings (SSSR count). The minimum absolute atomic E-state index is 0. The van der Waals surface area contributed by atoms with Gasteiger partial charge in [0.1, 0.15) is 5.75 Å². The van der Waals surface area contributed by atoms with Crippen LogP contribution in [0.3, 0.4) is 0 Å². The molecule has 0 spiro atoms. The van der Waals surface area contributed by atoms with Crippen molar-refractivity contribution >= 4 is 18.3 Å². The molecule has 0 bridgehead atoms. The highest BCUT2D eigenvalue weighted by Crippen LogP contribution is 2.20. The zero-order valence-corrected chi connectivity index (χ0v) is 15.7. The number of benzene rings is 1. The lowest BCUT2D eigenvalue weighted by molar-refractivity contribution is -0.129. The van der Waals surface area contributed by atoms with Crippen molar-refractivity contribution in [2.24, 2.45) is 11.7 Å². The molecule has 4 nitrogen and oxygen atoms in total. The molecule has 0 fully saturated rings. The molecule has 0 saturated heterocycles. The molecule has 1 aromatic rings. The third-order valence-electron chi connectivity index (χ3n) is 3.76. The predicted octanol–water partition coefficient (Wildman–Crippen LogP) is 3.27. The molecule has 0 aliphatic heterocycles. The first-order valence-corrected chi connectivity index (χ1v) is 8.05. The summed E-state index contributed by atoms with van der Waals surface area (Å²) in [4.78, 5) is 14.1. The standard InChI is InChI=1S/C18H30N2O2.ClH/c1-13(2)16(19)10-11-20(5)18(21)12-15-8-6-7-9-17(15)22-14(3)4;/h6-9,13-14,16H,10-12,19H2,1-5H3;1H. The van der Waals surface area contributed by atoms with Crippen LogP contribution in [0.4, 0.5) is 0 Å². The monoisotopic (exact) mass is 342 g/mol. The first-order valence-electron chi connectivity index (χ1n) is 8.05. The van der Waals surface area contributed by atoms with Crippen molar-refractivity contribution in [1.82, 2.24) is 4.90 Å². The molecule has 5 heteroatoms. The summed E-state index contributed by atoms with van der Waals surface area (Å²) in [6.07, 6.45) is 1.28.